The van der Waals surface area contributed by atoms with Crippen LogP contribution in [0.15, 0.2) is 41.8 Å². The monoisotopic (exact) mass is 288 g/mol. The molecular weight excluding hydrogens is 272 g/mol. The number of rotatable bonds is 4. The molecule has 0 spiro atoms. The molecule has 0 radical (unpaired) electrons. The first-order chi connectivity index (χ1) is 9.70. The lowest BCUT2D eigenvalue weighted by atomic mass is 10.1. The van der Waals surface area contributed by atoms with E-state index in [1.165, 1.54) is 0 Å². The second-order valence-corrected chi connectivity index (χ2v) is 5.26. The van der Waals surface area contributed by atoms with Gasteiger partial charge >= 0.3 is 11.8 Å². The maximum absolute atomic E-state index is 11.8. The SMILES string of the molecule is CCc1ccccc1NC(=O)C(=O)NCc1cccs1. The number of anilines is 1. The zero-order chi connectivity index (χ0) is 14.4. The third-order valence-electron chi connectivity index (χ3n) is 2.86. The fourth-order valence-corrected chi connectivity index (χ4v) is 2.44. The van der Waals surface area contributed by atoms with Crippen LogP contribution < -0.4 is 10.6 Å². The molecule has 0 saturated carbocycles. The van der Waals surface area contributed by atoms with Crippen LogP contribution in [0.25, 0.3) is 0 Å². The molecule has 0 aliphatic rings. The molecular formula is C15H16N2O2S. The lowest BCUT2D eigenvalue weighted by Gasteiger charge is -2.09. The number of aryl methyl sites for hydroxylation is 1. The van der Waals surface area contributed by atoms with Gasteiger partial charge < -0.3 is 10.6 Å². The minimum absolute atomic E-state index is 0.374. The van der Waals surface area contributed by atoms with Crippen LogP contribution in [0.5, 0.6) is 0 Å². The predicted octanol–water partition coefficient (Wildman–Crippen LogP) is 2.57. The van der Waals surface area contributed by atoms with E-state index in [0.717, 1.165) is 16.9 Å². The predicted molar refractivity (Wildman–Crippen MR) is 80.6 cm³/mol. The van der Waals surface area contributed by atoms with Gasteiger partial charge in [0, 0.05) is 10.6 Å². The Morgan fingerprint density at radius 2 is 1.90 bits per heavy atom. The molecule has 0 fully saturated rings. The number of hydrogen-bond donors (Lipinski definition) is 2. The quantitative estimate of drug-likeness (QED) is 0.850. The summed E-state index contributed by atoms with van der Waals surface area (Å²) in [6, 6.07) is 11.3. The molecule has 0 aliphatic carbocycles. The van der Waals surface area contributed by atoms with E-state index >= 15 is 0 Å². The molecule has 104 valence electrons. The van der Waals surface area contributed by atoms with E-state index in [0.29, 0.717) is 12.2 Å². The Morgan fingerprint density at radius 3 is 2.60 bits per heavy atom. The number of amides is 2. The standard InChI is InChI=1S/C15H16N2O2S/c1-2-11-6-3-4-8-13(11)17-15(19)14(18)16-10-12-7-5-9-20-12/h3-9H,2,10H2,1H3,(H,16,18)(H,17,19). The van der Waals surface area contributed by atoms with Gasteiger partial charge in [0.05, 0.1) is 6.54 Å². The summed E-state index contributed by atoms with van der Waals surface area (Å²) in [5, 5.41) is 7.18. The molecule has 4 nitrogen and oxygen atoms in total. The molecule has 1 aromatic carbocycles. The third-order valence-corrected chi connectivity index (χ3v) is 3.73. The largest absolute Gasteiger partial charge is 0.343 e. The topological polar surface area (TPSA) is 58.2 Å². The molecule has 0 atom stereocenters. The van der Waals surface area contributed by atoms with E-state index in [4.69, 9.17) is 0 Å². The van der Waals surface area contributed by atoms with Crippen molar-refractivity contribution < 1.29 is 9.59 Å². The van der Waals surface area contributed by atoms with E-state index < -0.39 is 11.8 Å². The Kier molecular flexibility index (Phi) is 4.90. The van der Waals surface area contributed by atoms with Crippen molar-refractivity contribution in [3.63, 3.8) is 0 Å². The number of thiophene rings is 1. The van der Waals surface area contributed by atoms with E-state index in [9.17, 15) is 9.59 Å². The molecule has 1 aromatic heterocycles. The van der Waals surface area contributed by atoms with Gasteiger partial charge in [-0.25, -0.2) is 0 Å². The first kappa shape index (κ1) is 14.3. The molecule has 1 heterocycles. The Bertz CT molecular complexity index is 594. The Hall–Kier alpha value is -2.14. The summed E-state index contributed by atoms with van der Waals surface area (Å²) in [6.07, 6.45) is 0.799. The van der Waals surface area contributed by atoms with Crippen molar-refractivity contribution in [3.8, 4) is 0 Å². The van der Waals surface area contributed by atoms with Crippen LogP contribution in [0.2, 0.25) is 0 Å². The maximum Gasteiger partial charge on any atom is 0.313 e. The number of nitrogens with one attached hydrogen (secondary N) is 2. The van der Waals surface area contributed by atoms with Crippen molar-refractivity contribution >= 4 is 28.8 Å². The minimum atomic E-state index is -0.637. The summed E-state index contributed by atoms with van der Waals surface area (Å²) in [6.45, 7) is 2.38. The highest BCUT2D eigenvalue weighted by molar-refractivity contribution is 7.09. The van der Waals surface area contributed by atoms with E-state index in [-0.39, 0.29) is 0 Å². The lowest BCUT2D eigenvalue weighted by molar-refractivity contribution is -0.136. The Morgan fingerprint density at radius 1 is 1.10 bits per heavy atom. The van der Waals surface area contributed by atoms with Crippen molar-refractivity contribution in [3.05, 3.63) is 52.2 Å². The van der Waals surface area contributed by atoms with Crippen LogP contribution in [0.1, 0.15) is 17.4 Å². The van der Waals surface area contributed by atoms with Gasteiger partial charge in [-0.2, -0.15) is 0 Å². The number of para-hydroxylation sites is 1. The molecule has 0 bridgehead atoms. The lowest BCUT2D eigenvalue weighted by Crippen LogP contribution is -2.35. The van der Waals surface area contributed by atoms with E-state index in [2.05, 4.69) is 10.6 Å². The smallest absolute Gasteiger partial charge is 0.313 e. The van der Waals surface area contributed by atoms with Gasteiger partial charge in [-0.15, -0.1) is 11.3 Å². The van der Waals surface area contributed by atoms with Crippen LogP contribution in [-0.4, -0.2) is 11.8 Å². The van der Waals surface area contributed by atoms with Gasteiger partial charge in [0.25, 0.3) is 0 Å². The van der Waals surface area contributed by atoms with Gasteiger partial charge in [-0.3, -0.25) is 9.59 Å². The molecule has 2 rings (SSSR count). The third kappa shape index (κ3) is 3.68. The van der Waals surface area contributed by atoms with Crippen molar-refractivity contribution in [1.29, 1.82) is 0 Å². The fraction of sp³-hybridized carbons (Fsp3) is 0.200. The van der Waals surface area contributed by atoms with Crippen LogP contribution in [0, 0.1) is 0 Å². The fourth-order valence-electron chi connectivity index (χ4n) is 1.79. The summed E-state index contributed by atoms with van der Waals surface area (Å²) >= 11 is 1.54. The molecule has 5 heteroatoms. The van der Waals surface area contributed by atoms with Crippen molar-refractivity contribution in [2.75, 3.05) is 5.32 Å². The zero-order valence-corrected chi connectivity index (χ0v) is 12.0. The van der Waals surface area contributed by atoms with Crippen LogP contribution >= 0.6 is 11.3 Å². The highest BCUT2D eigenvalue weighted by atomic mass is 32.1. The van der Waals surface area contributed by atoms with Gasteiger partial charge in [-0.1, -0.05) is 31.2 Å². The second-order valence-electron chi connectivity index (χ2n) is 4.23. The molecule has 0 unspecified atom stereocenters. The summed E-state index contributed by atoms with van der Waals surface area (Å²) in [4.78, 5) is 24.6. The first-order valence-corrected chi connectivity index (χ1v) is 7.28. The van der Waals surface area contributed by atoms with Gasteiger partial charge in [0.1, 0.15) is 0 Å². The number of carbonyl (C=O) groups is 2. The second kappa shape index (κ2) is 6.86. The van der Waals surface area contributed by atoms with E-state index in [1.54, 1.807) is 17.4 Å². The van der Waals surface area contributed by atoms with Gasteiger partial charge in [0.2, 0.25) is 0 Å². The molecule has 20 heavy (non-hydrogen) atoms. The van der Waals surface area contributed by atoms with Crippen molar-refractivity contribution in [2.45, 2.75) is 19.9 Å². The minimum Gasteiger partial charge on any atom is -0.343 e. The molecule has 2 amide bonds. The van der Waals surface area contributed by atoms with Crippen LogP contribution in [-0.2, 0) is 22.6 Å². The summed E-state index contributed by atoms with van der Waals surface area (Å²) in [5.74, 6) is -1.26. The summed E-state index contributed by atoms with van der Waals surface area (Å²) in [7, 11) is 0. The average Bonchev–Trinajstić information content (AvgIpc) is 2.98. The zero-order valence-electron chi connectivity index (χ0n) is 11.2. The molecule has 0 aliphatic heterocycles. The van der Waals surface area contributed by atoms with Crippen LogP contribution in [0.4, 0.5) is 5.69 Å². The Balaban J connectivity index is 1.92. The summed E-state index contributed by atoms with van der Waals surface area (Å²) in [5.41, 5.74) is 1.69. The number of carbonyl (C=O) groups excluding carboxylic acids is 2. The van der Waals surface area contributed by atoms with Crippen LogP contribution in [0.3, 0.4) is 0 Å². The molecule has 2 N–H and O–H groups in total. The molecule has 2 aromatic rings. The Labute approximate surface area is 121 Å². The summed E-state index contributed by atoms with van der Waals surface area (Å²) < 4.78 is 0. The van der Waals surface area contributed by atoms with E-state index in [1.807, 2.05) is 42.6 Å². The van der Waals surface area contributed by atoms with Crippen molar-refractivity contribution in [1.82, 2.24) is 5.32 Å². The maximum atomic E-state index is 11.8. The highest BCUT2D eigenvalue weighted by Gasteiger charge is 2.14. The van der Waals surface area contributed by atoms with Gasteiger partial charge in [-0.05, 0) is 29.5 Å². The highest BCUT2D eigenvalue weighted by Crippen LogP contribution is 2.15. The number of hydrogen-bond acceptors (Lipinski definition) is 3. The van der Waals surface area contributed by atoms with Crippen molar-refractivity contribution in [2.24, 2.45) is 0 Å². The normalized spacial score (nSPS) is 10.1. The molecule has 0 saturated heterocycles. The first-order valence-electron chi connectivity index (χ1n) is 6.40. The van der Waals surface area contributed by atoms with Gasteiger partial charge in [0.15, 0.2) is 0 Å². The number of benzene rings is 1. The average molecular weight is 288 g/mol.